The molecule has 5 nitrogen and oxygen atoms in total. The van der Waals surface area contributed by atoms with Gasteiger partial charge in [-0.25, -0.2) is 0 Å². The van der Waals surface area contributed by atoms with Crippen LogP contribution in [0.25, 0.3) is 77.2 Å². The Morgan fingerprint density at radius 1 is 0.300 bits per heavy atom. The average Bonchev–Trinajstić information content (AvgIpc) is 3.55. The van der Waals surface area contributed by atoms with E-state index in [9.17, 15) is 25.5 Å². The minimum absolute atomic E-state index is 0.164. The van der Waals surface area contributed by atoms with E-state index < -0.39 is 28.7 Å². The van der Waals surface area contributed by atoms with Crippen molar-refractivity contribution in [3.05, 3.63) is 151 Å². The maximum atomic E-state index is 11.1. The number of hydrogen-bond acceptors (Lipinski definition) is 5. The van der Waals surface area contributed by atoms with Gasteiger partial charge in [-0.1, -0.05) is 133 Å². The zero-order valence-corrected chi connectivity index (χ0v) is 26.7. The van der Waals surface area contributed by atoms with Crippen LogP contribution in [0.4, 0.5) is 0 Å². The predicted octanol–water partition coefficient (Wildman–Crippen LogP) is 10.8. The second-order valence-corrected chi connectivity index (χ2v) is 12.8. The quantitative estimate of drug-likeness (QED) is 0.0741. The summed E-state index contributed by atoms with van der Waals surface area (Å²) < 4.78 is 0. The SMILES string of the molecule is Oc1c(O)c(O)c(-c2c3ccccc3c(-c3cccc4c3-c3cc(-c5ccc(-c6ccccc6)cc5)ccc3C4)c3ccccc23)c(O)c1O. The molecule has 0 saturated heterocycles. The lowest BCUT2D eigenvalue weighted by atomic mass is 9.83. The van der Waals surface area contributed by atoms with Crippen LogP contribution in [0.5, 0.6) is 28.7 Å². The zero-order chi connectivity index (χ0) is 34.1. The Hall–Kier alpha value is -6.72. The Morgan fingerprint density at radius 2 is 0.780 bits per heavy atom. The monoisotopic (exact) mass is 650 g/mol. The smallest absolute Gasteiger partial charge is 0.208 e. The highest BCUT2D eigenvalue weighted by Crippen LogP contribution is 2.58. The number of benzene rings is 8. The van der Waals surface area contributed by atoms with Crippen LogP contribution in [-0.4, -0.2) is 25.5 Å². The molecule has 0 spiro atoms. The van der Waals surface area contributed by atoms with E-state index >= 15 is 0 Å². The van der Waals surface area contributed by atoms with Crippen molar-refractivity contribution in [2.45, 2.75) is 6.42 Å². The highest BCUT2D eigenvalue weighted by molar-refractivity contribution is 6.24. The van der Waals surface area contributed by atoms with E-state index in [0.29, 0.717) is 16.3 Å². The maximum absolute atomic E-state index is 11.1. The molecule has 8 aromatic carbocycles. The van der Waals surface area contributed by atoms with E-state index in [2.05, 4.69) is 84.9 Å². The molecule has 1 aliphatic carbocycles. The number of phenolic OH excluding ortho intramolecular Hbond substituents is 5. The fraction of sp³-hybridized carbons (Fsp3) is 0.0222. The van der Waals surface area contributed by atoms with Crippen molar-refractivity contribution >= 4 is 21.5 Å². The van der Waals surface area contributed by atoms with Gasteiger partial charge in [0, 0.05) is 5.56 Å². The first-order chi connectivity index (χ1) is 24.4. The van der Waals surface area contributed by atoms with Crippen LogP contribution in [-0.2, 0) is 6.42 Å². The van der Waals surface area contributed by atoms with Crippen molar-refractivity contribution in [1.82, 2.24) is 0 Å². The number of fused-ring (bicyclic) bond motifs is 5. The Labute approximate surface area is 287 Å². The molecule has 240 valence electrons. The van der Waals surface area contributed by atoms with E-state index in [1.165, 1.54) is 33.4 Å². The molecule has 1 aliphatic rings. The van der Waals surface area contributed by atoms with Crippen LogP contribution in [0.3, 0.4) is 0 Å². The van der Waals surface area contributed by atoms with Crippen molar-refractivity contribution in [3.63, 3.8) is 0 Å². The Bertz CT molecular complexity index is 2570. The van der Waals surface area contributed by atoms with Gasteiger partial charge in [-0.05, 0) is 89.7 Å². The highest BCUT2D eigenvalue weighted by atomic mass is 16.4. The second kappa shape index (κ2) is 11.2. The zero-order valence-electron chi connectivity index (χ0n) is 26.7. The normalized spacial score (nSPS) is 11.9. The molecule has 0 bridgehead atoms. The Morgan fingerprint density at radius 3 is 1.38 bits per heavy atom. The van der Waals surface area contributed by atoms with Crippen LogP contribution in [0.15, 0.2) is 140 Å². The summed E-state index contributed by atoms with van der Waals surface area (Å²) in [5, 5.41) is 56.5. The van der Waals surface area contributed by atoms with Gasteiger partial charge in [0.2, 0.25) is 17.2 Å². The van der Waals surface area contributed by atoms with Gasteiger partial charge in [-0.3, -0.25) is 0 Å². The average molecular weight is 651 g/mol. The van der Waals surface area contributed by atoms with Crippen molar-refractivity contribution in [1.29, 1.82) is 0 Å². The Balaban J connectivity index is 1.27. The summed E-state index contributed by atoms with van der Waals surface area (Å²) in [6.45, 7) is 0. The molecular formula is C45H30O5. The van der Waals surface area contributed by atoms with Crippen LogP contribution in [0.2, 0.25) is 0 Å². The van der Waals surface area contributed by atoms with Crippen LogP contribution < -0.4 is 0 Å². The van der Waals surface area contributed by atoms with Gasteiger partial charge < -0.3 is 25.5 Å². The van der Waals surface area contributed by atoms with E-state index in [4.69, 9.17) is 0 Å². The number of aromatic hydroxyl groups is 5. The van der Waals surface area contributed by atoms with Gasteiger partial charge in [0.1, 0.15) is 0 Å². The lowest BCUT2D eigenvalue weighted by Crippen LogP contribution is -1.94. The molecule has 9 rings (SSSR count). The van der Waals surface area contributed by atoms with E-state index in [-0.39, 0.29) is 5.56 Å². The first-order valence-electron chi connectivity index (χ1n) is 16.4. The summed E-state index contributed by atoms with van der Waals surface area (Å²) in [4.78, 5) is 0. The molecule has 0 aromatic heterocycles. The Kier molecular flexibility index (Phi) is 6.58. The van der Waals surface area contributed by atoms with Crippen molar-refractivity contribution in [2.75, 3.05) is 0 Å². The molecule has 0 atom stereocenters. The first kappa shape index (κ1) is 29.4. The molecule has 0 radical (unpaired) electrons. The van der Waals surface area contributed by atoms with Gasteiger partial charge >= 0.3 is 0 Å². The summed E-state index contributed by atoms with van der Waals surface area (Å²) >= 11 is 0. The van der Waals surface area contributed by atoms with Gasteiger partial charge in [-0.15, -0.1) is 0 Å². The minimum atomic E-state index is -0.987. The molecule has 0 heterocycles. The van der Waals surface area contributed by atoms with Crippen molar-refractivity contribution in [2.24, 2.45) is 0 Å². The number of rotatable bonds is 4. The summed E-state index contributed by atoms with van der Waals surface area (Å²) in [5.41, 5.74) is 11.8. The lowest BCUT2D eigenvalue weighted by molar-refractivity contribution is 0.330. The van der Waals surface area contributed by atoms with Crippen LogP contribution in [0, 0.1) is 0 Å². The van der Waals surface area contributed by atoms with Crippen molar-refractivity contribution in [3.8, 4) is 84.4 Å². The van der Waals surface area contributed by atoms with E-state index in [1.807, 2.05) is 54.6 Å². The molecule has 0 saturated carbocycles. The third-order valence-electron chi connectivity index (χ3n) is 10.1. The fourth-order valence-corrected chi connectivity index (χ4v) is 7.72. The second-order valence-electron chi connectivity index (χ2n) is 12.8. The van der Waals surface area contributed by atoms with Gasteiger partial charge in [0.15, 0.2) is 11.5 Å². The van der Waals surface area contributed by atoms with Crippen molar-refractivity contribution < 1.29 is 25.5 Å². The summed E-state index contributed by atoms with van der Waals surface area (Å²) in [5.74, 6) is -4.25. The third-order valence-corrected chi connectivity index (χ3v) is 10.1. The van der Waals surface area contributed by atoms with Gasteiger partial charge in [0.25, 0.3) is 0 Å². The largest absolute Gasteiger partial charge is 0.504 e. The molecule has 0 unspecified atom stereocenters. The van der Waals surface area contributed by atoms with E-state index in [0.717, 1.165) is 39.4 Å². The maximum Gasteiger partial charge on any atom is 0.208 e. The van der Waals surface area contributed by atoms with Crippen LogP contribution >= 0.6 is 0 Å². The highest BCUT2D eigenvalue weighted by Gasteiger charge is 2.29. The summed E-state index contributed by atoms with van der Waals surface area (Å²) in [7, 11) is 0. The minimum Gasteiger partial charge on any atom is -0.504 e. The van der Waals surface area contributed by atoms with Gasteiger partial charge in [-0.2, -0.15) is 0 Å². The molecule has 50 heavy (non-hydrogen) atoms. The molecule has 8 aromatic rings. The molecule has 0 amide bonds. The molecule has 0 aliphatic heterocycles. The summed E-state index contributed by atoms with van der Waals surface area (Å²) in [6, 6.07) is 47.6. The third kappa shape index (κ3) is 4.34. The number of phenols is 5. The molecule has 5 heteroatoms. The molecular weight excluding hydrogens is 620 g/mol. The van der Waals surface area contributed by atoms with Gasteiger partial charge in [0.05, 0.1) is 5.56 Å². The predicted molar refractivity (Wildman–Crippen MR) is 200 cm³/mol. The topological polar surface area (TPSA) is 101 Å². The lowest BCUT2D eigenvalue weighted by Gasteiger charge is -2.21. The fourth-order valence-electron chi connectivity index (χ4n) is 7.72. The standard InChI is InChI=1S/C45H30O5/c46-41-40(42(47)44(49)45(50)43(41)48)39-33-14-6-4-12-31(33)38(32-13-5-7-15-34(32)39)35-16-8-11-30-23-29-22-21-28(24-36(29)37(30)35)27-19-17-26(18-20-27)25-9-2-1-3-10-25/h1-22,24,46-50H,23H2. The number of hydrogen-bond donors (Lipinski definition) is 5. The van der Waals surface area contributed by atoms with E-state index in [1.54, 1.807) is 0 Å². The van der Waals surface area contributed by atoms with Crippen LogP contribution in [0.1, 0.15) is 11.1 Å². The first-order valence-corrected chi connectivity index (χ1v) is 16.4. The molecule has 0 fully saturated rings. The molecule has 5 N–H and O–H groups in total. The summed E-state index contributed by atoms with van der Waals surface area (Å²) in [6.07, 6.45) is 0.813.